The van der Waals surface area contributed by atoms with E-state index < -0.39 is 0 Å². The van der Waals surface area contributed by atoms with Gasteiger partial charge < -0.3 is 10.1 Å². The van der Waals surface area contributed by atoms with Crippen molar-refractivity contribution >= 4 is 27.9 Å². The highest BCUT2D eigenvalue weighted by Crippen LogP contribution is 2.29. The van der Waals surface area contributed by atoms with Gasteiger partial charge in [0.05, 0.1) is 5.57 Å². The molecule has 1 aliphatic heterocycles. The summed E-state index contributed by atoms with van der Waals surface area (Å²) in [6, 6.07) is 5.76. The number of hydrogen-bond acceptors (Lipinski definition) is 2. The Hall–Kier alpha value is -1.29. The second-order valence-electron chi connectivity index (χ2n) is 5.34. The number of fused-ring (bicyclic) bond motifs is 1. The molecular formula is C14H16BrNO2. The van der Waals surface area contributed by atoms with Crippen molar-refractivity contribution in [3.05, 3.63) is 33.8 Å². The molecule has 2 rings (SSSR count). The second kappa shape index (κ2) is 4.76. The summed E-state index contributed by atoms with van der Waals surface area (Å²) in [6.45, 7) is 6.19. The predicted octanol–water partition coefficient (Wildman–Crippen LogP) is 3.14. The summed E-state index contributed by atoms with van der Waals surface area (Å²) < 4.78 is 6.55. The molecule has 0 unspecified atom stereocenters. The van der Waals surface area contributed by atoms with Gasteiger partial charge in [-0.3, -0.25) is 4.79 Å². The first-order valence-corrected chi connectivity index (χ1v) is 6.60. The van der Waals surface area contributed by atoms with E-state index in [4.69, 9.17) is 4.74 Å². The van der Waals surface area contributed by atoms with Crippen molar-refractivity contribution in [3.63, 3.8) is 0 Å². The van der Waals surface area contributed by atoms with Gasteiger partial charge in [-0.1, -0.05) is 15.9 Å². The number of benzene rings is 1. The van der Waals surface area contributed by atoms with Crippen LogP contribution in [0, 0.1) is 0 Å². The van der Waals surface area contributed by atoms with Crippen molar-refractivity contribution in [1.29, 1.82) is 0 Å². The molecule has 0 spiro atoms. The van der Waals surface area contributed by atoms with Crippen LogP contribution in [0.25, 0.3) is 6.08 Å². The van der Waals surface area contributed by atoms with E-state index in [9.17, 15) is 4.79 Å². The molecule has 0 bridgehead atoms. The number of amides is 1. The molecule has 1 heterocycles. The zero-order valence-electron chi connectivity index (χ0n) is 10.7. The van der Waals surface area contributed by atoms with Gasteiger partial charge in [-0.15, -0.1) is 0 Å². The lowest BCUT2D eigenvalue weighted by atomic mass is 10.0. The van der Waals surface area contributed by atoms with Gasteiger partial charge in [0.15, 0.2) is 0 Å². The molecule has 1 aromatic carbocycles. The quantitative estimate of drug-likeness (QED) is 0.865. The third-order valence-corrected chi connectivity index (χ3v) is 2.96. The second-order valence-corrected chi connectivity index (χ2v) is 6.26. The molecular weight excluding hydrogens is 294 g/mol. The van der Waals surface area contributed by atoms with Crippen LogP contribution in [0.3, 0.4) is 0 Å². The average Bonchev–Trinajstić information content (AvgIpc) is 2.25. The van der Waals surface area contributed by atoms with Crippen LogP contribution < -0.4 is 10.1 Å². The van der Waals surface area contributed by atoms with E-state index >= 15 is 0 Å². The van der Waals surface area contributed by atoms with Crippen molar-refractivity contribution in [2.45, 2.75) is 26.3 Å². The molecule has 1 aliphatic rings. The smallest absolute Gasteiger partial charge is 0.251 e. The lowest BCUT2D eigenvalue weighted by Gasteiger charge is -2.23. The van der Waals surface area contributed by atoms with Gasteiger partial charge in [0.25, 0.3) is 5.91 Å². The Balaban J connectivity index is 2.24. The molecule has 96 valence electrons. The summed E-state index contributed by atoms with van der Waals surface area (Å²) in [5.74, 6) is 0.735. The molecule has 4 heteroatoms. The van der Waals surface area contributed by atoms with Crippen molar-refractivity contribution in [1.82, 2.24) is 5.32 Å². The fourth-order valence-electron chi connectivity index (χ4n) is 1.70. The monoisotopic (exact) mass is 309 g/mol. The van der Waals surface area contributed by atoms with E-state index in [1.54, 1.807) is 0 Å². The van der Waals surface area contributed by atoms with E-state index in [-0.39, 0.29) is 11.4 Å². The zero-order chi connectivity index (χ0) is 13.3. The number of rotatable bonds is 1. The van der Waals surface area contributed by atoms with Crippen molar-refractivity contribution in [2.75, 3.05) is 6.61 Å². The summed E-state index contributed by atoms with van der Waals surface area (Å²) in [7, 11) is 0. The van der Waals surface area contributed by atoms with Crippen LogP contribution in [0.5, 0.6) is 5.75 Å². The first-order valence-electron chi connectivity index (χ1n) is 5.80. The molecule has 0 aliphatic carbocycles. The van der Waals surface area contributed by atoms with Gasteiger partial charge in [0.1, 0.15) is 12.4 Å². The van der Waals surface area contributed by atoms with Crippen molar-refractivity contribution < 1.29 is 9.53 Å². The average molecular weight is 310 g/mol. The van der Waals surface area contributed by atoms with E-state index in [0.29, 0.717) is 12.2 Å². The first-order chi connectivity index (χ1) is 8.35. The topological polar surface area (TPSA) is 38.3 Å². The Morgan fingerprint density at radius 1 is 1.39 bits per heavy atom. The normalized spacial score (nSPS) is 14.3. The van der Waals surface area contributed by atoms with Gasteiger partial charge in [-0.25, -0.2) is 0 Å². The molecule has 1 aromatic rings. The number of nitrogens with one attached hydrogen (secondary N) is 1. The minimum atomic E-state index is -0.241. The minimum absolute atomic E-state index is 0.0758. The molecule has 0 fully saturated rings. The van der Waals surface area contributed by atoms with E-state index in [1.165, 1.54) is 0 Å². The Morgan fingerprint density at radius 2 is 2.11 bits per heavy atom. The van der Waals surface area contributed by atoms with Gasteiger partial charge in [0, 0.05) is 15.6 Å². The number of carbonyl (C=O) groups is 1. The van der Waals surface area contributed by atoms with Crippen LogP contribution >= 0.6 is 15.9 Å². The van der Waals surface area contributed by atoms with Crippen LogP contribution in [-0.2, 0) is 4.79 Å². The largest absolute Gasteiger partial charge is 0.488 e. The molecule has 1 N–H and O–H groups in total. The maximum Gasteiger partial charge on any atom is 0.251 e. The molecule has 0 atom stereocenters. The van der Waals surface area contributed by atoms with Gasteiger partial charge >= 0.3 is 0 Å². The highest BCUT2D eigenvalue weighted by atomic mass is 79.9. The fourth-order valence-corrected chi connectivity index (χ4v) is 2.08. The molecule has 1 amide bonds. The Kier molecular flexibility index (Phi) is 3.48. The summed E-state index contributed by atoms with van der Waals surface area (Å²) in [6.07, 6.45) is 1.88. The highest BCUT2D eigenvalue weighted by molar-refractivity contribution is 9.10. The van der Waals surface area contributed by atoms with Gasteiger partial charge in [0.2, 0.25) is 0 Å². The summed E-state index contributed by atoms with van der Waals surface area (Å²) in [5, 5.41) is 2.94. The summed E-state index contributed by atoms with van der Waals surface area (Å²) in [4.78, 5) is 12.0. The Bertz CT molecular complexity index is 515. The van der Waals surface area contributed by atoms with E-state index in [1.807, 2.05) is 45.0 Å². The fraction of sp³-hybridized carbons (Fsp3) is 0.357. The van der Waals surface area contributed by atoms with Gasteiger partial charge in [-0.2, -0.15) is 0 Å². The van der Waals surface area contributed by atoms with Crippen LogP contribution in [0.1, 0.15) is 26.3 Å². The Labute approximate surface area is 115 Å². The summed E-state index contributed by atoms with van der Waals surface area (Å²) >= 11 is 3.41. The Morgan fingerprint density at radius 3 is 2.78 bits per heavy atom. The zero-order valence-corrected chi connectivity index (χ0v) is 12.3. The first kappa shape index (κ1) is 13.1. The summed E-state index contributed by atoms with van der Waals surface area (Å²) in [5.41, 5.74) is 1.33. The number of ether oxygens (including phenoxy) is 1. The number of carbonyl (C=O) groups excluding carboxylic acids is 1. The van der Waals surface area contributed by atoms with Crippen LogP contribution in [0.15, 0.2) is 28.2 Å². The van der Waals surface area contributed by atoms with Gasteiger partial charge in [-0.05, 0) is 45.0 Å². The molecule has 0 radical (unpaired) electrons. The molecule has 0 saturated carbocycles. The van der Waals surface area contributed by atoms with Crippen LogP contribution in [0.4, 0.5) is 0 Å². The van der Waals surface area contributed by atoms with Crippen molar-refractivity contribution in [3.8, 4) is 5.75 Å². The molecule has 3 nitrogen and oxygen atoms in total. The van der Waals surface area contributed by atoms with Crippen LogP contribution in [-0.4, -0.2) is 18.1 Å². The molecule has 0 saturated heterocycles. The van der Waals surface area contributed by atoms with E-state index in [2.05, 4.69) is 21.2 Å². The highest BCUT2D eigenvalue weighted by Gasteiger charge is 2.21. The minimum Gasteiger partial charge on any atom is -0.488 e. The molecule has 18 heavy (non-hydrogen) atoms. The predicted molar refractivity (Wildman–Crippen MR) is 75.5 cm³/mol. The van der Waals surface area contributed by atoms with E-state index in [0.717, 1.165) is 15.8 Å². The number of halogens is 1. The maximum absolute atomic E-state index is 12.0. The standard InChI is InChI=1S/C14H16BrNO2/c1-14(2,3)16-13(17)10-6-9-7-11(15)4-5-12(9)18-8-10/h4-7H,8H2,1-3H3,(H,16,17). The third-order valence-electron chi connectivity index (χ3n) is 2.46. The lowest BCUT2D eigenvalue weighted by Crippen LogP contribution is -2.42. The SMILES string of the molecule is CC(C)(C)NC(=O)C1=Cc2cc(Br)ccc2OC1. The van der Waals surface area contributed by atoms with Crippen molar-refractivity contribution in [2.24, 2.45) is 0 Å². The van der Waals surface area contributed by atoms with Crippen LogP contribution in [0.2, 0.25) is 0 Å². The maximum atomic E-state index is 12.0. The number of hydrogen-bond donors (Lipinski definition) is 1. The lowest BCUT2D eigenvalue weighted by molar-refractivity contribution is -0.119. The molecule has 0 aromatic heterocycles. The third kappa shape index (κ3) is 3.13.